The second-order valence-electron chi connectivity index (χ2n) is 20.5. The van der Waals surface area contributed by atoms with Crippen molar-refractivity contribution in [1.82, 2.24) is 19.5 Å². The van der Waals surface area contributed by atoms with Crippen LogP contribution in [0.15, 0.2) is 212 Å². The van der Waals surface area contributed by atoms with E-state index in [1.165, 1.54) is 60.8 Å². The summed E-state index contributed by atoms with van der Waals surface area (Å²) in [7, 11) is 0. The molecular formula is C65H56N4. The average Bonchev–Trinajstić information content (AvgIpc) is 3.71. The molecule has 0 amide bonds. The van der Waals surface area contributed by atoms with Crippen LogP contribution in [-0.4, -0.2) is 19.5 Å². The van der Waals surface area contributed by atoms with Gasteiger partial charge in [-0.05, 0) is 98.2 Å². The third-order valence-corrected chi connectivity index (χ3v) is 13.7. The van der Waals surface area contributed by atoms with Crippen molar-refractivity contribution < 1.29 is 0 Å². The summed E-state index contributed by atoms with van der Waals surface area (Å²) < 4.78 is 2.56. The van der Waals surface area contributed by atoms with Gasteiger partial charge in [0.1, 0.15) is 0 Å². The zero-order chi connectivity index (χ0) is 47.3. The zero-order valence-electron chi connectivity index (χ0n) is 40.3. The summed E-state index contributed by atoms with van der Waals surface area (Å²) in [4.78, 5) is 15.7. The molecule has 1 atom stereocenters. The van der Waals surface area contributed by atoms with Crippen LogP contribution in [0.3, 0.4) is 0 Å². The Morgan fingerprint density at radius 2 is 0.855 bits per heavy atom. The van der Waals surface area contributed by atoms with Crippen LogP contribution in [-0.2, 0) is 10.8 Å². The van der Waals surface area contributed by atoms with Crippen molar-refractivity contribution in [1.29, 1.82) is 0 Å². The molecule has 1 aliphatic carbocycles. The van der Waals surface area contributed by atoms with Crippen molar-refractivity contribution in [3.8, 4) is 62.1 Å². The molecule has 11 rings (SSSR count). The minimum atomic E-state index is -0.0276. The van der Waals surface area contributed by atoms with Crippen molar-refractivity contribution in [3.63, 3.8) is 0 Å². The first-order valence-corrected chi connectivity index (χ1v) is 24.2. The largest absolute Gasteiger partial charge is 0.308 e. The highest BCUT2D eigenvalue weighted by Crippen LogP contribution is 2.46. The molecule has 0 unspecified atom stereocenters. The fourth-order valence-electron chi connectivity index (χ4n) is 9.84. The zero-order valence-corrected chi connectivity index (χ0v) is 40.3. The number of nitrogens with zero attached hydrogens (tertiary/aromatic N) is 4. The first-order valence-electron chi connectivity index (χ1n) is 24.2. The van der Waals surface area contributed by atoms with Gasteiger partial charge in [0.05, 0.1) is 16.7 Å². The van der Waals surface area contributed by atoms with Crippen LogP contribution in [0.5, 0.6) is 0 Å². The topological polar surface area (TPSA) is 43.6 Å². The first-order chi connectivity index (χ1) is 33.5. The number of fused-ring (bicyclic) bond motifs is 3. The lowest BCUT2D eigenvalue weighted by Crippen LogP contribution is -2.11. The third kappa shape index (κ3) is 8.53. The molecule has 0 N–H and O–H groups in total. The highest BCUT2D eigenvalue weighted by molar-refractivity contribution is 6.11. The lowest BCUT2D eigenvalue weighted by molar-refractivity contribution is 0.590. The van der Waals surface area contributed by atoms with Crippen LogP contribution in [0.25, 0.3) is 89.5 Å². The van der Waals surface area contributed by atoms with Crippen LogP contribution >= 0.6 is 0 Å². The van der Waals surface area contributed by atoms with Crippen molar-refractivity contribution in [2.45, 2.75) is 64.7 Å². The lowest BCUT2D eigenvalue weighted by Gasteiger charge is -2.26. The molecule has 4 heteroatoms. The Morgan fingerprint density at radius 3 is 1.32 bits per heavy atom. The second kappa shape index (κ2) is 17.6. The fourth-order valence-corrected chi connectivity index (χ4v) is 9.84. The van der Waals surface area contributed by atoms with Crippen LogP contribution in [0.2, 0.25) is 0 Å². The minimum absolute atomic E-state index is 0.0276. The molecule has 336 valence electrons. The van der Waals surface area contributed by atoms with Crippen molar-refractivity contribution in [3.05, 3.63) is 235 Å². The Kier molecular flexibility index (Phi) is 11.1. The summed E-state index contributed by atoms with van der Waals surface area (Å²) in [5.74, 6) is 1.94. The van der Waals surface area contributed by atoms with E-state index in [9.17, 15) is 0 Å². The lowest BCUT2D eigenvalue weighted by atomic mass is 9.84. The Hall–Kier alpha value is -7.95. The van der Waals surface area contributed by atoms with Gasteiger partial charge in [-0.3, -0.25) is 0 Å². The molecule has 0 saturated carbocycles. The first kappa shape index (κ1) is 43.6. The van der Waals surface area contributed by atoms with Crippen LogP contribution in [0, 0.1) is 0 Å². The van der Waals surface area contributed by atoms with Crippen LogP contribution in [0.1, 0.15) is 76.1 Å². The van der Waals surface area contributed by atoms with E-state index in [-0.39, 0.29) is 16.7 Å². The maximum Gasteiger partial charge on any atom is 0.164 e. The summed E-state index contributed by atoms with van der Waals surface area (Å²) in [6, 6.07) is 70.0. The number of allylic oxidation sites excluding steroid dienone is 4. The molecule has 0 fully saturated rings. The summed E-state index contributed by atoms with van der Waals surface area (Å²) in [5, 5.41) is 2.51. The molecule has 10 aromatic rings. The van der Waals surface area contributed by atoms with E-state index in [1.54, 1.807) is 0 Å². The van der Waals surface area contributed by atoms with E-state index in [0.29, 0.717) is 17.5 Å². The predicted molar refractivity (Wildman–Crippen MR) is 290 cm³/mol. The molecule has 0 spiro atoms. The van der Waals surface area contributed by atoms with E-state index in [0.717, 1.165) is 39.9 Å². The molecule has 2 heterocycles. The van der Waals surface area contributed by atoms with Crippen molar-refractivity contribution in [2.75, 3.05) is 0 Å². The van der Waals surface area contributed by atoms with Gasteiger partial charge >= 0.3 is 0 Å². The van der Waals surface area contributed by atoms with Gasteiger partial charge in [-0.25, -0.2) is 15.0 Å². The summed E-state index contributed by atoms with van der Waals surface area (Å²) in [6.45, 7) is 13.8. The number of rotatable bonds is 8. The molecular weight excluding hydrogens is 837 g/mol. The van der Waals surface area contributed by atoms with E-state index >= 15 is 0 Å². The summed E-state index contributed by atoms with van der Waals surface area (Å²) in [5.41, 5.74) is 17.1. The molecule has 0 bridgehead atoms. The normalized spacial score (nSPS) is 14.1. The van der Waals surface area contributed by atoms with Gasteiger partial charge in [0, 0.05) is 38.9 Å². The molecule has 0 aliphatic heterocycles. The Balaban J connectivity index is 1.23. The molecule has 8 aromatic carbocycles. The molecule has 0 radical (unpaired) electrons. The Morgan fingerprint density at radius 1 is 0.420 bits per heavy atom. The SMILES string of the molecule is CC(C)(C)c1ccc2c(c1)c1cc(C(C)(C)C)ccc1n2-c1c(-c2ccc(-c3ccccc3)cc2)cc(-c2nc(-c3ccccc3)nc(-c3ccccc3)n2)cc1[C@@H]1C=CC(c2ccccc2)=CC1. The highest BCUT2D eigenvalue weighted by Gasteiger charge is 2.28. The van der Waals surface area contributed by atoms with Crippen LogP contribution < -0.4 is 0 Å². The summed E-state index contributed by atoms with van der Waals surface area (Å²) >= 11 is 0. The van der Waals surface area contributed by atoms with Crippen molar-refractivity contribution in [2.24, 2.45) is 0 Å². The minimum Gasteiger partial charge on any atom is -0.308 e. The third-order valence-electron chi connectivity index (χ3n) is 13.7. The van der Waals surface area contributed by atoms with Gasteiger partial charge in [-0.15, -0.1) is 0 Å². The maximum atomic E-state index is 5.32. The van der Waals surface area contributed by atoms with Gasteiger partial charge in [-0.2, -0.15) is 0 Å². The number of hydrogen-bond donors (Lipinski definition) is 0. The highest BCUT2D eigenvalue weighted by atomic mass is 15.0. The van der Waals surface area contributed by atoms with Gasteiger partial charge in [-0.1, -0.05) is 217 Å². The number of benzene rings is 8. The smallest absolute Gasteiger partial charge is 0.164 e. The van der Waals surface area contributed by atoms with Gasteiger partial charge in [0.15, 0.2) is 17.5 Å². The molecule has 2 aromatic heterocycles. The van der Waals surface area contributed by atoms with Gasteiger partial charge in [0.2, 0.25) is 0 Å². The Labute approximate surface area is 406 Å². The quantitative estimate of drug-likeness (QED) is 0.153. The monoisotopic (exact) mass is 892 g/mol. The molecule has 69 heavy (non-hydrogen) atoms. The number of aromatic nitrogens is 4. The standard InChI is InChI=1S/C65H56N4/c1-64(2,3)52-35-37-58-56(41-52)57-42-53(65(4,5)6)36-38-59(57)69(58)60-54(47-31-27-45(28-32-47)43-19-11-7-12-20-43)39-51(40-55(60)48-33-29-46(30-34-48)44-21-13-8-14-22-44)63-67-61(49-23-15-9-16-24-49)66-62(68-63)50-25-17-10-18-26-50/h7-33,35-42,48H,34H2,1-6H3/t48-/m1/s1. The van der Waals surface area contributed by atoms with E-state index in [4.69, 9.17) is 15.0 Å². The van der Waals surface area contributed by atoms with E-state index in [1.807, 2.05) is 36.4 Å². The fraction of sp³-hybridized carbons (Fsp3) is 0.154. The van der Waals surface area contributed by atoms with Gasteiger partial charge < -0.3 is 4.57 Å². The molecule has 1 aliphatic rings. The van der Waals surface area contributed by atoms with E-state index in [2.05, 4.69) is 222 Å². The predicted octanol–water partition coefficient (Wildman–Crippen LogP) is 17.0. The summed E-state index contributed by atoms with van der Waals surface area (Å²) in [6.07, 6.45) is 7.96. The van der Waals surface area contributed by atoms with E-state index < -0.39 is 0 Å². The second-order valence-corrected chi connectivity index (χ2v) is 20.5. The maximum absolute atomic E-state index is 5.32. The van der Waals surface area contributed by atoms with Gasteiger partial charge in [0.25, 0.3) is 0 Å². The number of hydrogen-bond acceptors (Lipinski definition) is 3. The molecule has 4 nitrogen and oxygen atoms in total. The van der Waals surface area contributed by atoms with Crippen LogP contribution in [0.4, 0.5) is 0 Å². The van der Waals surface area contributed by atoms with Crippen molar-refractivity contribution >= 4 is 27.4 Å². The Bertz CT molecular complexity index is 3420. The average molecular weight is 893 g/mol. The molecule has 0 saturated heterocycles.